The first-order chi connectivity index (χ1) is 14.1. The Labute approximate surface area is 172 Å². The number of amides is 1. The summed E-state index contributed by atoms with van der Waals surface area (Å²) >= 11 is 0. The summed E-state index contributed by atoms with van der Waals surface area (Å²) in [6.07, 6.45) is 6.16. The third-order valence-electron chi connectivity index (χ3n) is 6.35. The van der Waals surface area contributed by atoms with Crippen molar-refractivity contribution in [1.29, 1.82) is 0 Å². The molecule has 2 N–H and O–H groups in total. The Morgan fingerprint density at radius 1 is 1.21 bits per heavy atom. The van der Waals surface area contributed by atoms with Crippen LogP contribution in [0.5, 0.6) is 0 Å². The molecule has 1 amide bonds. The van der Waals surface area contributed by atoms with E-state index in [0.29, 0.717) is 12.1 Å². The normalized spacial score (nSPS) is 21.7. The van der Waals surface area contributed by atoms with Crippen molar-refractivity contribution < 1.29 is 9.90 Å². The molecule has 0 spiro atoms. The molecule has 1 aromatic heterocycles. The second-order valence-corrected chi connectivity index (χ2v) is 8.43. The summed E-state index contributed by atoms with van der Waals surface area (Å²) in [5.41, 5.74) is 2.77. The first-order valence-corrected chi connectivity index (χ1v) is 10.9. The van der Waals surface area contributed by atoms with Gasteiger partial charge in [-0.1, -0.05) is 18.9 Å². The number of piperazine rings is 1. The number of nitrogens with zero attached hydrogens (tertiary/aromatic N) is 3. The van der Waals surface area contributed by atoms with Crippen molar-refractivity contribution in [3.05, 3.63) is 36.0 Å². The van der Waals surface area contributed by atoms with Crippen LogP contribution < -0.4 is 5.32 Å². The Morgan fingerprint density at radius 2 is 2.03 bits per heavy atom. The summed E-state index contributed by atoms with van der Waals surface area (Å²) in [6, 6.07) is 11.1. The Bertz CT molecular complexity index is 850. The average molecular weight is 397 g/mol. The average Bonchev–Trinajstić information content (AvgIpc) is 3.23. The van der Waals surface area contributed by atoms with Crippen molar-refractivity contribution in [1.82, 2.24) is 14.8 Å². The number of pyridine rings is 1. The van der Waals surface area contributed by atoms with Crippen molar-refractivity contribution in [3.8, 4) is 0 Å². The van der Waals surface area contributed by atoms with Gasteiger partial charge in [0, 0.05) is 57.2 Å². The van der Waals surface area contributed by atoms with E-state index in [0.717, 1.165) is 54.9 Å². The highest BCUT2D eigenvalue weighted by molar-refractivity contribution is 6.00. The fraction of sp³-hybridized carbons (Fsp3) is 0.565. The van der Waals surface area contributed by atoms with Gasteiger partial charge in [-0.05, 0) is 43.5 Å². The van der Waals surface area contributed by atoms with E-state index in [9.17, 15) is 9.90 Å². The van der Waals surface area contributed by atoms with E-state index in [-0.39, 0.29) is 12.5 Å². The molecule has 1 aliphatic heterocycles. The van der Waals surface area contributed by atoms with Crippen molar-refractivity contribution in [3.63, 3.8) is 0 Å². The molecule has 29 heavy (non-hydrogen) atoms. The maximum Gasteiger partial charge on any atom is 0.221 e. The molecule has 6 heteroatoms. The Kier molecular flexibility index (Phi) is 6.43. The van der Waals surface area contributed by atoms with Crippen LogP contribution in [0.3, 0.4) is 0 Å². The van der Waals surface area contributed by atoms with E-state index in [4.69, 9.17) is 4.98 Å². The SMILES string of the molecule is CC(=O)Nc1cccc2nc(CN3CCN(C4CCCC4)C(CCO)C3)ccc12. The Hall–Kier alpha value is -2.02. The lowest BCUT2D eigenvalue weighted by Gasteiger charge is -2.44. The zero-order valence-electron chi connectivity index (χ0n) is 17.3. The predicted octanol–water partition coefficient (Wildman–Crippen LogP) is 3.00. The van der Waals surface area contributed by atoms with Crippen molar-refractivity contribution in [2.75, 3.05) is 31.6 Å². The summed E-state index contributed by atoms with van der Waals surface area (Å²) in [7, 11) is 0. The summed E-state index contributed by atoms with van der Waals surface area (Å²) in [6.45, 7) is 5.71. The maximum absolute atomic E-state index is 11.4. The standard InChI is InChI=1S/C23H32N4O2/c1-17(29)24-22-7-4-8-23-21(22)10-9-18(25-23)15-26-12-13-27(19-5-2-3-6-19)20(16-26)11-14-28/h4,7-10,19-20,28H,2-3,5-6,11-16H2,1H3,(H,24,29). The molecule has 2 heterocycles. The van der Waals surface area contributed by atoms with Gasteiger partial charge in [-0.2, -0.15) is 0 Å². The van der Waals surface area contributed by atoms with Crippen LogP contribution in [0.15, 0.2) is 30.3 Å². The van der Waals surface area contributed by atoms with E-state index in [1.165, 1.54) is 32.6 Å². The lowest BCUT2D eigenvalue weighted by Crippen LogP contribution is -2.56. The van der Waals surface area contributed by atoms with Gasteiger partial charge in [0.2, 0.25) is 5.91 Å². The molecule has 4 rings (SSSR count). The summed E-state index contributed by atoms with van der Waals surface area (Å²) in [4.78, 5) is 21.4. The zero-order chi connectivity index (χ0) is 20.2. The van der Waals surface area contributed by atoms with Gasteiger partial charge >= 0.3 is 0 Å². The Morgan fingerprint density at radius 3 is 2.79 bits per heavy atom. The number of aliphatic hydroxyl groups is 1. The quantitative estimate of drug-likeness (QED) is 0.786. The number of hydrogen-bond acceptors (Lipinski definition) is 5. The molecule has 2 fully saturated rings. The second-order valence-electron chi connectivity index (χ2n) is 8.43. The van der Waals surface area contributed by atoms with Gasteiger partial charge in [-0.3, -0.25) is 19.6 Å². The molecule has 1 aromatic carbocycles. The summed E-state index contributed by atoms with van der Waals surface area (Å²) in [5, 5.41) is 13.4. The van der Waals surface area contributed by atoms with E-state index in [2.05, 4.69) is 27.2 Å². The first kappa shape index (κ1) is 20.3. The molecule has 0 bridgehead atoms. The molecular formula is C23H32N4O2. The molecule has 1 atom stereocenters. The van der Waals surface area contributed by atoms with Crippen LogP contribution in [0.1, 0.15) is 44.7 Å². The van der Waals surface area contributed by atoms with Gasteiger partial charge in [0.05, 0.1) is 16.9 Å². The highest BCUT2D eigenvalue weighted by Crippen LogP contribution is 2.28. The van der Waals surface area contributed by atoms with Crippen LogP contribution in [0.4, 0.5) is 5.69 Å². The van der Waals surface area contributed by atoms with Crippen LogP contribution in [-0.2, 0) is 11.3 Å². The highest BCUT2D eigenvalue weighted by Gasteiger charge is 2.33. The van der Waals surface area contributed by atoms with Crippen molar-refractivity contribution in [2.45, 2.75) is 57.7 Å². The monoisotopic (exact) mass is 396 g/mol. The lowest BCUT2D eigenvalue weighted by molar-refractivity contribution is -0.114. The molecule has 1 unspecified atom stereocenters. The van der Waals surface area contributed by atoms with E-state index in [1.54, 1.807) is 0 Å². The van der Waals surface area contributed by atoms with Gasteiger partial charge < -0.3 is 10.4 Å². The summed E-state index contributed by atoms with van der Waals surface area (Å²) in [5.74, 6) is -0.0726. The largest absolute Gasteiger partial charge is 0.396 e. The fourth-order valence-corrected chi connectivity index (χ4v) is 5.01. The third-order valence-corrected chi connectivity index (χ3v) is 6.35. The lowest BCUT2D eigenvalue weighted by atomic mass is 10.0. The molecule has 1 saturated heterocycles. The van der Waals surface area contributed by atoms with Crippen LogP contribution in [0, 0.1) is 0 Å². The second kappa shape index (κ2) is 9.20. The van der Waals surface area contributed by atoms with Crippen molar-refractivity contribution in [2.24, 2.45) is 0 Å². The van der Waals surface area contributed by atoms with Gasteiger partial charge in [0.1, 0.15) is 0 Å². The molecule has 156 valence electrons. The topological polar surface area (TPSA) is 68.7 Å². The highest BCUT2D eigenvalue weighted by atomic mass is 16.3. The van der Waals surface area contributed by atoms with Gasteiger partial charge in [0.15, 0.2) is 0 Å². The number of carbonyl (C=O) groups excluding carboxylic acids is 1. The molecule has 1 saturated carbocycles. The van der Waals surface area contributed by atoms with Gasteiger partial charge in [-0.15, -0.1) is 0 Å². The first-order valence-electron chi connectivity index (χ1n) is 10.9. The summed E-state index contributed by atoms with van der Waals surface area (Å²) < 4.78 is 0. The number of aromatic nitrogens is 1. The predicted molar refractivity (Wildman–Crippen MR) is 116 cm³/mol. The number of rotatable bonds is 6. The molecule has 2 aliphatic rings. The van der Waals surface area contributed by atoms with E-state index < -0.39 is 0 Å². The fourth-order valence-electron chi connectivity index (χ4n) is 5.01. The molecule has 0 radical (unpaired) electrons. The Balaban J connectivity index is 1.46. The minimum Gasteiger partial charge on any atom is -0.396 e. The number of nitrogens with one attached hydrogen (secondary N) is 1. The molecular weight excluding hydrogens is 364 g/mol. The smallest absolute Gasteiger partial charge is 0.221 e. The van der Waals surface area contributed by atoms with Crippen LogP contribution in [0.25, 0.3) is 10.9 Å². The minimum atomic E-state index is -0.0726. The number of fused-ring (bicyclic) bond motifs is 1. The van der Waals surface area contributed by atoms with E-state index >= 15 is 0 Å². The van der Waals surface area contributed by atoms with Crippen LogP contribution in [0.2, 0.25) is 0 Å². The van der Waals surface area contributed by atoms with Crippen LogP contribution >= 0.6 is 0 Å². The van der Waals surface area contributed by atoms with E-state index in [1.807, 2.05) is 18.2 Å². The molecule has 2 aromatic rings. The molecule has 6 nitrogen and oxygen atoms in total. The van der Waals surface area contributed by atoms with Gasteiger partial charge in [-0.25, -0.2) is 0 Å². The van der Waals surface area contributed by atoms with Gasteiger partial charge in [0.25, 0.3) is 0 Å². The zero-order valence-corrected chi connectivity index (χ0v) is 17.3. The van der Waals surface area contributed by atoms with Crippen molar-refractivity contribution >= 4 is 22.5 Å². The number of benzene rings is 1. The third kappa shape index (κ3) is 4.77. The molecule has 1 aliphatic carbocycles. The minimum absolute atomic E-state index is 0.0726. The number of carbonyl (C=O) groups is 1. The maximum atomic E-state index is 11.4. The van der Waals surface area contributed by atoms with Crippen LogP contribution in [-0.4, -0.2) is 64.1 Å². The number of hydrogen-bond donors (Lipinski definition) is 2. The number of aliphatic hydroxyl groups excluding tert-OH is 1. The number of anilines is 1.